The van der Waals surface area contributed by atoms with E-state index in [2.05, 4.69) is 5.10 Å². The van der Waals surface area contributed by atoms with Gasteiger partial charge in [-0.2, -0.15) is 16.4 Å². The van der Waals surface area contributed by atoms with Gasteiger partial charge in [0.05, 0.1) is 17.8 Å². The minimum atomic E-state index is -4.11. The van der Waals surface area contributed by atoms with Gasteiger partial charge in [0.2, 0.25) is 14.9 Å². The molecule has 10 heteroatoms. The Balaban J connectivity index is 3.16. The lowest BCUT2D eigenvalue weighted by Gasteiger charge is -1.92. The summed E-state index contributed by atoms with van der Waals surface area (Å²) in [5, 5.41) is 19.0. The van der Waals surface area contributed by atoms with Gasteiger partial charge in [-0.15, -0.1) is 0 Å². The molecule has 0 aliphatic rings. The third-order valence-corrected chi connectivity index (χ3v) is 3.21. The first-order chi connectivity index (χ1) is 7.36. The van der Waals surface area contributed by atoms with Gasteiger partial charge in [0.25, 0.3) is 0 Å². The molecule has 1 aromatic rings. The number of primary sulfonamides is 1. The fraction of sp³-hybridized carbons (Fsp3) is 0.500. The topological polar surface area (TPSA) is 121 Å². The van der Waals surface area contributed by atoms with Crippen LogP contribution in [0.25, 0.3) is 0 Å². The van der Waals surface area contributed by atoms with Crippen LogP contribution in [0.3, 0.4) is 0 Å². The molecule has 0 aliphatic heterocycles. The first-order valence-electron chi connectivity index (χ1n) is 4.10. The van der Waals surface area contributed by atoms with Crippen molar-refractivity contribution < 1.29 is 13.3 Å². The average Bonchev–Trinajstić information content (AvgIpc) is 2.58. The quantitative estimate of drug-likeness (QED) is 0.582. The second kappa shape index (κ2) is 4.80. The Morgan fingerprint density at radius 2 is 2.31 bits per heavy atom. The van der Waals surface area contributed by atoms with E-state index in [0.717, 1.165) is 6.20 Å². The van der Waals surface area contributed by atoms with Gasteiger partial charge < -0.3 is 10.1 Å². The molecule has 90 valence electrons. The van der Waals surface area contributed by atoms with Gasteiger partial charge in [0.15, 0.2) is 0 Å². The molecular formula is C6H10N4O4S2. The zero-order valence-electron chi connectivity index (χ0n) is 8.36. The smallest absolute Gasteiger partial charge is 0.358 e. The summed E-state index contributed by atoms with van der Waals surface area (Å²) >= 11 is 1.52. The molecule has 16 heavy (non-hydrogen) atoms. The normalized spacial score (nSPS) is 11.6. The first kappa shape index (κ1) is 12.9. The van der Waals surface area contributed by atoms with Crippen LogP contribution < -0.4 is 5.14 Å². The molecule has 0 bridgehead atoms. The summed E-state index contributed by atoms with van der Waals surface area (Å²) in [5.41, 5.74) is 0. The zero-order chi connectivity index (χ0) is 12.3. The summed E-state index contributed by atoms with van der Waals surface area (Å²) in [6.07, 6.45) is 2.93. The number of nitro groups is 1. The summed E-state index contributed by atoms with van der Waals surface area (Å²) in [6, 6.07) is 0. The van der Waals surface area contributed by atoms with Crippen molar-refractivity contribution in [2.45, 2.75) is 11.4 Å². The lowest BCUT2D eigenvalue weighted by molar-refractivity contribution is -0.392. The average molecular weight is 266 g/mol. The first-order valence-corrected chi connectivity index (χ1v) is 7.04. The van der Waals surface area contributed by atoms with E-state index in [1.165, 1.54) is 16.4 Å². The van der Waals surface area contributed by atoms with Gasteiger partial charge in [-0.25, -0.2) is 13.6 Å². The number of aryl methyl sites for hydroxylation is 1. The maximum Gasteiger partial charge on any atom is 0.410 e. The largest absolute Gasteiger partial charge is 0.410 e. The van der Waals surface area contributed by atoms with Crippen LogP contribution in [0.5, 0.6) is 0 Å². The van der Waals surface area contributed by atoms with E-state index < -0.39 is 25.7 Å². The highest BCUT2D eigenvalue weighted by Gasteiger charge is 2.28. The van der Waals surface area contributed by atoms with Crippen molar-refractivity contribution in [3.63, 3.8) is 0 Å². The Morgan fingerprint density at radius 1 is 1.69 bits per heavy atom. The molecular weight excluding hydrogens is 256 g/mol. The molecule has 0 atom stereocenters. The van der Waals surface area contributed by atoms with Gasteiger partial charge in [0.1, 0.15) is 0 Å². The van der Waals surface area contributed by atoms with E-state index >= 15 is 0 Å². The molecule has 0 unspecified atom stereocenters. The SMILES string of the molecule is CSCCn1cc(S(N)(=O)=O)c([N+](=O)[O-])n1. The standard InChI is InChI=1S/C6H10N4O4S2/c1-15-3-2-9-4-5(16(7,13)14)6(8-9)10(11)12/h4H,2-3H2,1H3,(H2,7,13,14). The monoisotopic (exact) mass is 266 g/mol. The van der Waals surface area contributed by atoms with Crippen molar-refractivity contribution in [3.8, 4) is 0 Å². The van der Waals surface area contributed by atoms with Crippen molar-refractivity contribution in [1.82, 2.24) is 9.78 Å². The minimum Gasteiger partial charge on any atom is -0.358 e. The number of nitrogens with zero attached hydrogens (tertiary/aromatic N) is 3. The Kier molecular flexibility index (Phi) is 3.88. The van der Waals surface area contributed by atoms with Crippen molar-refractivity contribution in [2.24, 2.45) is 5.14 Å². The van der Waals surface area contributed by atoms with Crippen LogP contribution in [0, 0.1) is 10.1 Å². The number of rotatable bonds is 5. The molecule has 1 rings (SSSR count). The number of thioether (sulfide) groups is 1. The molecule has 0 amide bonds. The van der Waals surface area contributed by atoms with E-state index in [-0.39, 0.29) is 0 Å². The number of hydrogen-bond donors (Lipinski definition) is 1. The third-order valence-electron chi connectivity index (χ3n) is 1.71. The molecule has 0 saturated carbocycles. The fourth-order valence-electron chi connectivity index (χ4n) is 1.02. The maximum absolute atomic E-state index is 11.1. The van der Waals surface area contributed by atoms with Gasteiger partial charge in [-0.05, 0) is 11.2 Å². The highest BCUT2D eigenvalue weighted by molar-refractivity contribution is 7.98. The summed E-state index contributed by atoms with van der Waals surface area (Å²) in [7, 11) is -4.11. The van der Waals surface area contributed by atoms with Crippen molar-refractivity contribution in [2.75, 3.05) is 12.0 Å². The third kappa shape index (κ3) is 2.93. The van der Waals surface area contributed by atoms with Gasteiger partial charge >= 0.3 is 5.82 Å². The second-order valence-corrected chi connectivity index (χ2v) is 5.39. The number of nitrogens with two attached hydrogens (primary N) is 1. The van der Waals surface area contributed by atoms with Crippen molar-refractivity contribution in [3.05, 3.63) is 16.3 Å². The highest BCUT2D eigenvalue weighted by atomic mass is 32.2. The van der Waals surface area contributed by atoms with E-state index in [1.807, 2.05) is 6.26 Å². The van der Waals surface area contributed by atoms with E-state index in [0.29, 0.717) is 12.3 Å². The van der Waals surface area contributed by atoms with Crippen LogP contribution in [0.2, 0.25) is 0 Å². The molecule has 0 aromatic carbocycles. The van der Waals surface area contributed by atoms with E-state index in [1.54, 1.807) is 0 Å². The molecule has 0 saturated heterocycles. The molecule has 2 N–H and O–H groups in total. The molecule has 1 heterocycles. The molecule has 0 aliphatic carbocycles. The predicted molar refractivity (Wildman–Crippen MR) is 58.6 cm³/mol. The minimum absolute atomic E-state index is 0.386. The van der Waals surface area contributed by atoms with Crippen LogP contribution in [-0.2, 0) is 16.6 Å². The highest BCUT2D eigenvalue weighted by Crippen LogP contribution is 2.20. The fourth-order valence-corrected chi connectivity index (χ4v) is 2.03. The number of sulfonamides is 1. The molecule has 0 fully saturated rings. The zero-order valence-corrected chi connectivity index (χ0v) is 9.99. The van der Waals surface area contributed by atoms with Gasteiger partial charge in [-0.1, -0.05) is 0 Å². The summed E-state index contributed by atoms with van der Waals surface area (Å²) in [4.78, 5) is 9.14. The van der Waals surface area contributed by atoms with Crippen LogP contribution in [0.15, 0.2) is 11.1 Å². The van der Waals surface area contributed by atoms with Crippen LogP contribution in [-0.4, -0.2) is 35.1 Å². The Labute approximate surface area is 96.0 Å². The molecule has 8 nitrogen and oxygen atoms in total. The van der Waals surface area contributed by atoms with Crippen LogP contribution in [0.4, 0.5) is 5.82 Å². The summed E-state index contributed by atoms with van der Waals surface area (Å²) in [5.74, 6) is -0.0632. The van der Waals surface area contributed by atoms with Crippen LogP contribution in [0.1, 0.15) is 0 Å². The molecule has 0 spiro atoms. The maximum atomic E-state index is 11.1. The lowest BCUT2D eigenvalue weighted by atomic mass is 10.6. The Bertz CT molecular complexity index is 495. The Hall–Kier alpha value is -1.13. The van der Waals surface area contributed by atoms with Crippen molar-refractivity contribution >= 4 is 27.6 Å². The number of hydrogen-bond acceptors (Lipinski definition) is 6. The van der Waals surface area contributed by atoms with E-state index in [9.17, 15) is 18.5 Å². The summed E-state index contributed by atoms with van der Waals surface area (Å²) < 4.78 is 23.3. The lowest BCUT2D eigenvalue weighted by Crippen LogP contribution is -2.13. The number of aromatic nitrogens is 2. The van der Waals surface area contributed by atoms with E-state index in [4.69, 9.17) is 5.14 Å². The van der Waals surface area contributed by atoms with Crippen molar-refractivity contribution in [1.29, 1.82) is 0 Å². The van der Waals surface area contributed by atoms with Crippen LogP contribution >= 0.6 is 11.8 Å². The second-order valence-electron chi connectivity index (χ2n) is 2.87. The van der Waals surface area contributed by atoms with Gasteiger partial charge in [0, 0.05) is 5.75 Å². The predicted octanol–water partition coefficient (Wildman–Crippen LogP) is -0.198. The van der Waals surface area contributed by atoms with Gasteiger partial charge in [-0.3, -0.25) is 0 Å². The summed E-state index contributed by atoms with van der Waals surface area (Å²) in [6.45, 7) is 0.386. The molecule has 0 radical (unpaired) electrons. The molecule has 1 aromatic heterocycles. The Morgan fingerprint density at radius 3 is 2.69 bits per heavy atom.